The zero-order valence-corrected chi connectivity index (χ0v) is 14.2. The van der Waals surface area contributed by atoms with Crippen molar-refractivity contribution in [3.05, 3.63) is 35.9 Å². The van der Waals surface area contributed by atoms with E-state index in [2.05, 4.69) is 9.47 Å². The maximum atomic E-state index is 12.4. The lowest BCUT2D eigenvalue weighted by atomic mass is 9.93. The fourth-order valence-electron chi connectivity index (χ4n) is 3.16. The van der Waals surface area contributed by atoms with Gasteiger partial charge in [0.1, 0.15) is 0 Å². The average molecular weight is 333 g/mol. The Morgan fingerprint density at radius 2 is 1.75 bits per heavy atom. The lowest BCUT2D eigenvalue weighted by Crippen LogP contribution is -2.31. The highest BCUT2D eigenvalue weighted by atomic mass is 16.5. The fraction of sp³-hybridized carbons (Fsp3) is 0.500. The molecule has 1 amide bonds. The molecule has 0 unspecified atom stereocenters. The summed E-state index contributed by atoms with van der Waals surface area (Å²) in [5, 5.41) is 0. The molecule has 0 saturated carbocycles. The van der Waals surface area contributed by atoms with Gasteiger partial charge in [-0.1, -0.05) is 30.3 Å². The number of carbonyl (C=O) groups excluding carboxylic acids is 3. The molecule has 1 aromatic carbocycles. The van der Waals surface area contributed by atoms with Crippen molar-refractivity contribution >= 4 is 17.8 Å². The van der Waals surface area contributed by atoms with Crippen molar-refractivity contribution in [2.75, 3.05) is 20.8 Å². The van der Waals surface area contributed by atoms with Gasteiger partial charge < -0.3 is 14.4 Å². The summed E-state index contributed by atoms with van der Waals surface area (Å²) < 4.78 is 9.36. The minimum absolute atomic E-state index is 0.0323. The number of rotatable bonds is 6. The van der Waals surface area contributed by atoms with E-state index in [1.165, 1.54) is 14.2 Å². The van der Waals surface area contributed by atoms with Gasteiger partial charge in [0.25, 0.3) is 0 Å². The van der Waals surface area contributed by atoms with Crippen molar-refractivity contribution < 1.29 is 23.9 Å². The molecule has 0 aliphatic carbocycles. The predicted molar refractivity (Wildman–Crippen MR) is 86.8 cm³/mol. The number of hydrogen-bond acceptors (Lipinski definition) is 5. The maximum absolute atomic E-state index is 12.4. The first-order valence-electron chi connectivity index (χ1n) is 7.98. The van der Waals surface area contributed by atoms with Crippen LogP contribution in [0.2, 0.25) is 0 Å². The molecule has 2 rings (SSSR count). The third kappa shape index (κ3) is 3.93. The Kier molecular flexibility index (Phi) is 5.95. The summed E-state index contributed by atoms with van der Waals surface area (Å²) in [6.07, 6.45) is 0.574. The number of hydrogen-bond donors (Lipinski definition) is 0. The molecule has 1 aliphatic rings. The van der Waals surface area contributed by atoms with Gasteiger partial charge in [-0.3, -0.25) is 14.4 Å². The van der Waals surface area contributed by atoms with Gasteiger partial charge in [0.05, 0.1) is 20.3 Å². The lowest BCUT2D eigenvalue weighted by molar-refractivity contribution is -0.159. The van der Waals surface area contributed by atoms with Crippen molar-refractivity contribution in [2.24, 2.45) is 11.8 Å². The van der Waals surface area contributed by atoms with E-state index >= 15 is 0 Å². The van der Waals surface area contributed by atoms with E-state index in [1.54, 1.807) is 4.90 Å². The van der Waals surface area contributed by atoms with Crippen molar-refractivity contribution in [3.8, 4) is 0 Å². The zero-order chi connectivity index (χ0) is 17.7. The van der Waals surface area contributed by atoms with E-state index in [9.17, 15) is 14.4 Å². The molecule has 0 bridgehead atoms. The first kappa shape index (κ1) is 18.0. The van der Waals surface area contributed by atoms with Crippen molar-refractivity contribution in [2.45, 2.75) is 25.8 Å². The number of benzene rings is 1. The highest BCUT2D eigenvalue weighted by Crippen LogP contribution is 2.32. The number of carbonyl (C=O) groups is 3. The van der Waals surface area contributed by atoms with Crippen LogP contribution in [0, 0.1) is 11.8 Å². The van der Waals surface area contributed by atoms with Crippen LogP contribution >= 0.6 is 0 Å². The quantitative estimate of drug-likeness (QED) is 0.588. The first-order valence-corrected chi connectivity index (χ1v) is 7.98. The largest absolute Gasteiger partial charge is 0.468 e. The van der Waals surface area contributed by atoms with E-state index in [0.717, 1.165) is 5.56 Å². The molecule has 0 N–H and O–H groups in total. The Morgan fingerprint density at radius 1 is 1.17 bits per heavy atom. The normalized spacial score (nSPS) is 18.6. The molecule has 6 heteroatoms. The first-order chi connectivity index (χ1) is 11.5. The average Bonchev–Trinajstić information content (AvgIpc) is 2.98. The molecular formula is C18H23NO5. The lowest BCUT2D eigenvalue weighted by Gasteiger charge is -2.25. The molecule has 130 valence electrons. The van der Waals surface area contributed by atoms with E-state index in [-0.39, 0.29) is 24.3 Å². The Morgan fingerprint density at radius 3 is 2.29 bits per heavy atom. The van der Waals surface area contributed by atoms with Gasteiger partial charge in [0, 0.05) is 13.0 Å². The van der Waals surface area contributed by atoms with E-state index in [4.69, 9.17) is 0 Å². The summed E-state index contributed by atoms with van der Waals surface area (Å²) in [7, 11) is 2.48. The zero-order valence-electron chi connectivity index (χ0n) is 14.2. The second kappa shape index (κ2) is 7.95. The highest BCUT2D eigenvalue weighted by molar-refractivity contribution is 5.95. The van der Waals surface area contributed by atoms with E-state index in [0.29, 0.717) is 13.0 Å². The van der Waals surface area contributed by atoms with E-state index in [1.807, 2.05) is 37.3 Å². The number of ether oxygens (including phenoxy) is 2. The Balaban J connectivity index is 2.05. The van der Waals surface area contributed by atoms with Crippen LogP contribution in [0.5, 0.6) is 0 Å². The monoisotopic (exact) mass is 333 g/mol. The predicted octanol–water partition coefficient (Wildman–Crippen LogP) is 1.95. The number of nitrogens with zero attached hydrogens (tertiary/aromatic N) is 1. The molecule has 2 atom stereocenters. The molecule has 24 heavy (non-hydrogen) atoms. The minimum Gasteiger partial charge on any atom is -0.468 e. The molecule has 1 fully saturated rings. The van der Waals surface area contributed by atoms with Gasteiger partial charge in [-0.05, 0) is 24.8 Å². The van der Waals surface area contributed by atoms with Crippen LogP contribution in [0.15, 0.2) is 30.3 Å². The Hall–Kier alpha value is -2.37. The second-order valence-corrected chi connectivity index (χ2v) is 6.04. The van der Waals surface area contributed by atoms with Gasteiger partial charge in [0.15, 0.2) is 5.92 Å². The number of likely N-dealkylation sites (tertiary alicyclic amines) is 1. The summed E-state index contributed by atoms with van der Waals surface area (Å²) in [6, 6.07) is 9.73. The molecule has 0 aromatic heterocycles. The van der Waals surface area contributed by atoms with E-state index < -0.39 is 17.9 Å². The summed E-state index contributed by atoms with van der Waals surface area (Å²) in [5.74, 6) is -2.27. The third-order valence-electron chi connectivity index (χ3n) is 4.53. The number of methoxy groups -OCH3 is 2. The molecule has 1 aliphatic heterocycles. The molecule has 0 spiro atoms. The van der Waals surface area contributed by atoms with Crippen LogP contribution in [0.1, 0.15) is 31.4 Å². The summed E-state index contributed by atoms with van der Waals surface area (Å²) in [5.41, 5.74) is 1.06. The third-order valence-corrected chi connectivity index (χ3v) is 4.53. The summed E-state index contributed by atoms with van der Waals surface area (Å²) in [4.78, 5) is 37.7. The molecule has 1 heterocycles. The molecule has 1 saturated heterocycles. The van der Waals surface area contributed by atoms with Gasteiger partial charge in [0.2, 0.25) is 5.91 Å². The Labute approximate surface area is 141 Å². The smallest absolute Gasteiger partial charge is 0.320 e. The van der Waals surface area contributed by atoms with Crippen molar-refractivity contribution in [1.29, 1.82) is 0 Å². The Bertz CT molecular complexity index is 585. The molecule has 6 nitrogen and oxygen atoms in total. The van der Waals surface area contributed by atoms with Gasteiger partial charge in [-0.15, -0.1) is 0 Å². The summed E-state index contributed by atoms with van der Waals surface area (Å²) in [6.45, 7) is 2.49. The summed E-state index contributed by atoms with van der Waals surface area (Å²) >= 11 is 0. The fourth-order valence-corrected chi connectivity index (χ4v) is 3.16. The van der Waals surface area contributed by atoms with Crippen molar-refractivity contribution in [1.82, 2.24) is 4.90 Å². The topological polar surface area (TPSA) is 72.9 Å². The van der Waals surface area contributed by atoms with Crippen LogP contribution < -0.4 is 0 Å². The molecular weight excluding hydrogens is 310 g/mol. The SMILES string of the molecule is COC(=O)C(C[C@H]1CC(=O)N([C@@H](C)c2ccccc2)C1)C(=O)OC. The molecule has 1 aromatic rings. The van der Waals surface area contributed by atoms with Crippen LogP contribution in [0.25, 0.3) is 0 Å². The minimum atomic E-state index is -0.982. The second-order valence-electron chi connectivity index (χ2n) is 6.04. The van der Waals surface area contributed by atoms with Gasteiger partial charge in [-0.25, -0.2) is 0 Å². The molecule has 0 radical (unpaired) electrons. The van der Waals surface area contributed by atoms with Crippen molar-refractivity contribution in [3.63, 3.8) is 0 Å². The maximum Gasteiger partial charge on any atom is 0.320 e. The number of esters is 2. The number of amides is 1. The van der Waals surface area contributed by atoms with Crippen LogP contribution in [-0.4, -0.2) is 43.5 Å². The van der Waals surface area contributed by atoms with Gasteiger partial charge in [-0.2, -0.15) is 0 Å². The standard InChI is InChI=1S/C18H23NO5/c1-12(14-7-5-4-6-8-14)19-11-13(10-16(19)20)9-15(17(21)23-2)18(22)24-3/h4-8,12-13,15H,9-11H2,1-3H3/t12-,13-/m0/s1. The van der Waals surface area contributed by atoms with Crippen LogP contribution in [0.4, 0.5) is 0 Å². The van der Waals surface area contributed by atoms with Crippen LogP contribution in [-0.2, 0) is 23.9 Å². The van der Waals surface area contributed by atoms with Gasteiger partial charge >= 0.3 is 11.9 Å². The van der Waals surface area contributed by atoms with Crippen LogP contribution in [0.3, 0.4) is 0 Å². The highest BCUT2D eigenvalue weighted by Gasteiger charge is 2.38.